The third kappa shape index (κ3) is 3.00. The molecule has 78 valence electrons. The van der Waals surface area contributed by atoms with Gasteiger partial charge in [0, 0.05) is 31.5 Å². The molecule has 0 unspecified atom stereocenters. The standard InChI is InChI=1S/C11H17NO2/c1-3-14-9-5-8-12-7-4-6-10(2)11(12)13/h4,6-7H,3,5,8-9H2,1-2H3. The van der Waals surface area contributed by atoms with Gasteiger partial charge in [-0.3, -0.25) is 4.79 Å². The molecule has 0 radical (unpaired) electrons. The minimum absolute atomic E-state index is 0.101. The molecule has 0 bridgehead atoms. The second kappa shape index (κ2) is 5.60. The number of rotatable bonds is 5. The van der Waals surface area contributed by atoms with Crippen LogP contribution in [0.5, 0.6) is 0 Å². The van der Waals surface area contributed by atoms with Crippen molar-refractivity contribution in [3.05, 3.63) is 34.2 Å². The van der Waals surface area contributed by atoms with Gasteiger partial charge in [-0.15, -0.1) is 0 Å². The molecule has 3 nitrogen and oxygen atoms in total. The molecule has 0 spiro atoms. The SMILES string of the molecule is CCOCCCn1cccc(C)c1=O. The van der Waals surface area contributed by atoms with Crippen LogP contribution in [0.2, 0.25) is 0 Å². The lowest BCUT2D eigenvalue weighted by atomic mass is 10.3. The molecular formula is C11H17NO2. The summed E-state index contributed by atoms with van der Waals surface area (Å²) in [5.74, 6) is 0. The lowest BCUT2D eigenvalue weighted by Crippen LogP contribution is -2.21. The number of pyridine rings is 1. The minimum Gasteiger partial charge on any atom is -0.382 e. The highest BCUT2D eigenvalue weighted by Crippen LogP contribution is 1.92. The van der Waals surface area contributed by atoms with Crippen LogP contribution in [-0.2, 0) is 11.3 Å². The van der Waals surface area contributed by atoms with Crippen molar-refractivity contribution in [2.75, 3.05) is 13.2 Å². The van der Waals surface area contributed by atoms with Crippen molar-refractivity contribution in [2.45, 2.75) is 26.8 Å². The average molecular weight is 195 g/mol. The first-order valence-corrected chi connectivity index (χ1v) is 4.99. The van der Waals surface area contributed by atoms with E-state index in [1.54, 1.807) is 4.57 Å². The zero-order chi connectivity index (χ0) is 10.4. The van der Waals surface area contributed by atoms with Crippen LogP contribution in [0.25, 0.3) is 0 Å². The van der Waals surface area contributed by atoms with Crippen LogP contribution in [0.4, 0.5) is 0 Å². The maximum atomic E-state index is 11.6. The van der Waals surface area contributed by atoms with Gasteiger partial charge in [-0.25, -0.2) is 0 Å². The van der Waals surface area contributed by atoms with Gasteiger partial charge < -0.3 is 9.30 Å². The van der Waals surface area contributed by atoms with Crippen molar-refractivity contribution >= 4 is 0 Å². The van der Waals surface area contributed by atoms with Crippen molar-refractivity contribution in [1.29, 1.82) is 0 Å². The number of aromatic nitrogens is 1. The Labute approximate surface area is 84.3 Å². The highest BCUT2D eigenvalue weighted by atomic mass is 16.5. The second-order valence-corrected chi connectivity index (χ2v) is 3.24. The zero-order valence-corrected chi connectivity index (χ0v) is 8.82. The normalized spacial score (nSPS) is 10.4. The first-order chi connectivity index (χ1) is 6.75. The summed E-state index contributed by atoms with van der Waals surface area (Å²) in [7, 11) is 0. The van der Waals surface area contributed by atoms with E-state index < -0.39 is 0 Å². The van der Waals surface area contributed by atoms with Crippen molar-refractivity contribution in [3.8, 4) is 0 Å². The summed E-state index contributed by atoms with van der Waals surface area (Å²) in [5, 5.41) is 0. The lowest BCUT2D eigenvalue weighted by molar-refractivity contribution is 0.141. The number of hydrogen-bond acceptors (Lipinski definition) is 2. The second-order valence-electron chi connectivity index (χ2n) is 3.24. The predicted molar refractivity (Wildman–Crippen MR) is 56.5 cm³/mol. The van der Waals surface area contributed by atoms with Crippen LogP contribution in [0.1, 0.15) is 18.9 Å². The molecule has 14 heavy (non-hydrogen) atoms. The predicted octanol–water partition coefficient (Wildman–Crippen LogP) is 1.58. The van der Waals surface area contributed by atoms with E-state index in [1.165, 1.54) is 0 Å². The molecule has 1 aromatic heterocycles. The van der Waals surface area contributed by atoms with Crippen LogP contribution in [-0.4, -0.2) is 17.8 Å². The van der Waals surface area contributed by atoms with E-state index in [1.807, 2.05) is 32.2 Å². The molecule has 0 N–H and O–H groups in total. The Morgan fingerprint density at radius 3 is 3.00 bits per heavy atom. The number of aryl methyl sites for hydroxylation is 2. The fraction of sp³-hybridized carbons (Fsp3) is 0.545. The van der Waals surface area contributed by atoms with Gasteiger partial charge in [-0.1, -0.05) is 6.07 Å². The van der Waals surface area contributed by atoms with E-state index in [2.05, 4.69) is 0 Å². The van der Waals surface area contributed by atoms with Crippen molar-refractivity contribution in [2.24, 2.45) is 0 Å². The molecule has 0 amide bonds. The topological polar surface area (TPSA) is 31.2 Å². The summed E-state index contributed by atoms with van der Waals surface area (Å²) >= 11 is 0. The molecule has 1 heterocycles. The molecule has 0 aliphatic heterocycles. The Morgan fingerprint density at radius 2 is 2.29 bits per heavy atom. The summed E-state index contributed by atoms with van der Waals surface area (Å²) in [6, 6.07) is 3.73. The molecule has 0 fully saturated rings. The smallest absolute Gasteiger partial charge is 0.253 e. The number of ether oxygens (including phenoxy) is 1. The highest BCUT2D eigenvalue weighted by Gasteiger charge is 1.97. The monoisotopic (exact) mass is 195 g/mol. The molecule has 0 saturated carbocycles. The first-order valence-electron chi connectivity index (χ1n) is 4.99. The Hall–Kier alpha value is -1.09. The minimum atomic E-state index is 0.101. The Balaban J connectivity index is 2.51. The number of nitrogens with zero attached hydrogens (tertiary/aromatic N) is 1. The van der Waals surface area contributed by atoms with E-state index in [0.29, 0.717) is 0 Å². The van der Waals surface area contributed by atoms with Gasteiger partial charge in [-0.05, 0) is 26.3 Å². The summed E-state index contributed by atoms with van der Waals surface area (Å²) in [5.41, 5.74) is 0.896. The van der Waals surface area contributed by atoms with Crippen LogP contribution in [0.15, 0.2) is 23.1 Å². The van der Waals surface area contributed by atoms with Crippen molar-refractivity contribution < 1.29 is 4.74 Å². The Kier molecular flexibility index (Phi) is 4.40. The summed E-state index contributed by atoms with van der Waals surface area (Å²) in [4.78, 5) is 11.6. The Morgan fingerprint density at radius 1 is 1.50 bits per heavy atom. The molecule has 0 aliphatic rings. The fourth-order valence-electron chi connectivity index (χ4n) is 1.31. The van der Waals surface area contributed by atoms with Crippen molar-refractivity contribution in [3.63, 3.8) is 0 Å². The quantitative estimate of drug-likeness (QED) is 0.668. The average Bonchev–Trinajstić information content (AvgIpc) is 2.19. The van der Waals surface area contributed by atoms with E-state index in [9.17, 15) is 4.79 Å². The van der Waals surface area contributed by atoms with Crippen LogP contribution in [0, 0.1) is 6.92 Å². The van der Waals surface area contributed by atoms with Gasteiger partial charge in [0.05, 0.1) is 0 Å². The molecule has 0 saturated heterocycles. The van der Waals surface area contributed by atoms with Crippen LogP contribution in [0.3, 0.4) is 0 Å². The molecule has 0 aromatic carbocycles. The van der Waals surface area contributed by atoms with Crippen LogP contribution >= 0.6 is 0 Å². The summed E-state index contributed by atoms with van der Waals surface area (Å²) in [6.45, 7) is 6.00. The molecular weight excluding hydrogens is 178 g/mol. The molecule has 1 rings (SSSR count). The van der Waals surface area contributed by atoms with E-state index in [-0.39, 0.29) is 5.56 Å². The molecule has 0 aliphatic carbocycles. The lowest BCUT2D eigenvalue weighted by Gasteiger charge is -2.05. The summed E-state index contributed by atoms with van der Waals surface area (Å²) in [6.07, 6.45) is 2.71. The Bertz CT molecular complexity index is 330. The maximum absolute atomic E-state index is 11.6. The van der Waals surface area contributed by atoms with Crippen molar-refractivity contribution in [1.82, 2.24) is 4.57 Å². The number of hydrogen-bond donors (Lipinski definition) is 0. The molecule has 0 atom stereocenters. The van der Waals surface area contributed by atoms with E-state index >= 15 is 0 Å². The highest BCUT2D eigenvalue weighted by molar-refractivity contribution is 5.07. The van der Waals surface area contributed by atoms with Gasteiger partial charge in [0.15, 0.2) is 0 Å². The van der Waals surface area contributed by atoms with Crippen LogP contribution < -0.4 is 5.56 Å². The summed E-state index contributed by atoms with van der Waals surface area (Å²) < 4.78 is 6.94. The third-order valence-electron chi connectivity index (χ3n) is 2.10. The van der Waals surface area contributed by atoms with Gasteiger partial charge in [-0.2, -0.15) is 0 Å². The van der Waals surface area contributed by atoms with E-state index in [0.717, 1.165) is 31.7 Å². The largest absolute Gasteiger partial charge is 0.382 e. The first kappa shape index (κ1) is 11.0. The maximum Gasteiger partial charge on any atom is 0.253 e. The zero-order valence-electron chi connectivity index (χ0n) is 8.82. The molecule has 3 heteroatoms. The fourth-order valence-corrected chi connectivity index (χ4v) is 1.31. The molecule has 1 aromatic rings. The van der Waals surface area contributed by atoms with E-state index in [4.69, 9.17) is 4.74 Å². The van der Waals surface area contributed by atoms with Gasteiger partial charge in [0.2, 0.25) is 0 Å². The van der Waals surface area contributed by atoms with Gasteiger partial charge >= 0.3 is 0 Å². The van der Waals surface area contributed by atoms with Gasteiger partial charge in [0.25, 0.3) is 5.56 Å². The third-order valence-corrected chi connectivity index (χ3v) is 2.10. The van der Waals surface area contributed by atoms with Gasteiger partial charge in [0.1, 0.15) is 0 Å².